The highest BCUT2D eigenvalue weighted by atomic mass is 19.3. The molecule has 2 aromatic carbocycles. The van der Waals surface area contributed by atoms with Crippen molar-refractivity contribution >= 4 is 6.08 Å². The van der Waals surface area contributed by atoms with E-state index >= 15 is 0 Å². The van der Waals surface area contributed by atoms with E-state index in [1.807, 2.05) is 30.3 Å². The number of benzene rings is 2. The Morgan fingerprint density at radius 1 is 0.793 bits per heavy atom. The molecule has 0 heterocycles. The molecule has 0 N–H and O–H groups in total. The molecule has 6 heteroatoms. The molecule has 0 aliphatic heterocycles. The van der Waals surface area contributed by atoms with E-state index in [1.165, 1.54) is 12.1 Å². The van der Waals surface area contributed by atoms with Crippen LogP contribution in [0.2, 0.25) is 0 Å². The molecule has 0 aromatic heterocycles. The molecule has 156 valence electrons. The lowest BCUT2D eigenvalue weighted by Gasteiger charge is -2.08. The second kappa shape index (κ2) is 12.7. The molecule has 0 saturated heterocycles. The van der Waals surface area contributed by atoms with Gasteiger partial charge in [0.05, 0.1) is 13.2 Å². The van der Waals surface area contributed by atoms with Gasteiger partial charge in [0.1, 0.15) is 11.5 Å². The molecular formula is C23H25F3O3. The van der Waals surface area contributed by atoms with E-state index < -0.39 is 12.1 Å². The van der Waals surface area contributed by atoms with Gasteiger partial charge in [0.25, 0.3) is 0 Å². The second-order valence-electron chi connectivity index (χ2n) is 6.37. The van der Waals surface area contributed by atoms with E-state index in [4.69, 9.17) is 9.47 Å². The highest BCUT2D eigenvalue weighted by molar-refractivity contribution is 5.47. The molecule has 0 aliphatic carbocycles. The number of rotatable bonds is 13. The number of unbranched alkanes of at least 4 members (excludes halogenated alkanes) is 3. The van der Waals surface area contributed by atoms with Crippen molar-refractivity contribution in [1.82, 2.24) is 0 Å². The highest BCUT2D eigenvalue weighted by Gasteiger charge is 2.07. The van der Waals surface area contributed by atoms with Gasteiger partial charge in [-0.1, -0.05) is 43.3 Å². The topological polar surface area (TPSA) is 27.7 Å². The molecular weight excluding hydrogens is 381 g/mol. The fourth-order valence-electron chi connectivity index (χ4n) is 2.54. The monoisotopic (exact) mass is 406 g/mol. The van der Waals surface area contributed by atoms with Crippen LogP contribution in [-0.2, 0) is 11.3 Å². The van der Waals surface area contributed by atoms with E-state index in [-0.39, 0.29) is 5.75 Å². The molecule has 3 nitrogen and oxygen atoms in total. The fraction of sp³-hybridized carbons (Fsp3) is 0.304. The first-order chi connectivity index (χ1) is 14.1. The Labute approximate surface area is 169 Å². The normalized spacial score (nSPS) is 10.4. The molecule has 2 rings (SSSR count). The zero-order valence-electron chi connectivity index (χ0n) is 16.2. The summed E-state index contributed by atoms with van der Waals surface area (Å²) >= 11 is 0. The van der Waals surface area contributed by atoms with Gasteiger partial charge in [-0.3, -0.25) is 0 Å². The first-order valence-corrected chi connectivity index (χ1v) is 9.49. The standard InChI is InChI=1S/C23H25F3O3/c1-2-18-7-9-19(10-8-18)17-27-15-5-3-4-6-16-28-20-11-13-21(14-12-20)29-23(26)22(24)25/h2,7-14H,1,3-6,15-17H2. The van der Waals surface area contributed by atoms with Crippen molar-refractivity contribution < 1.29 is 27.4 Å². The Morgan fingerprint density at radius 3 is 2.03 bits per heavy atom. The van der Waals surface area contributed by atoms with Gasteiger partial charge in [-0.2, -0.15) is 13.2 Å². The van der Waals surface area contributed by atoms with Crippen LogP contribution >= 0.6 is 0 Å². The summed E-state index contributed by atoms with van der Waals surface area (Å²) < 4.78 is 52.2. The second-order valence-corrected chi connectivity index (χ2v) is 6.37. The fourth-order valence-corrected chi connectivity index (χ4v) is 2.54. The number of hydrogen-bond donors (Lipinski definition) is 0. The third-order valence-electron chi connectivity index (χ3n) is 4.12. The van der Waals surface area contributed by atoms with E-state index in [0.29, 0.717) is 19.0 Å². The van der Waals surface area contributed by atoms with Gasteiger partial charge in [0.2, 0.25) is 0 Å². The van der Waals surface area contributed by atoms with E-state index in [9.17, 15) is 13.2 Å². The van der Waals surface area contributed by atoms with Gasteiger partial charge in [-0.25, -0.2) is 0 Å². The maximum Gasteiger partial charge on any atom is 0.344 e. The maximum atomic E-state index is 12.7. The quantitative estimate of drug-likeness (QED) is 0.267. The summed E-state index contributed by atoms with van der Waals surface area (Å²) in [6.45, 7) is 5.60. The molecule has 0 atom stereocenters. The van der Waals surface area contributed by atoms with Gasteiger partial charge in [0, 0.05) is 6.61 Å². The third-order valence-corrected chi connectivity index (χ3v) is 4.12. The Hall–Kier alpha value is -2.73. The van der Waals surface area contributed by atoms with Crippen LogP contribution in [0.1, 0.15) is 36.8 Å². The molecule has 2 aromatic rings. The molecule has 29 heavy (non-hydrogen) atoms. The first kappa shape index (κ1) is 22.6. The molecule has 0 fully saturated rings. The Kier molecular flexibility index (Phi) is 9.86. The van der Waals surface area contributed by atoms with Crippen molar-refractivity contribution in [2.75, 3.05) is 13.2 Å². The van der Waals surface area contributed by atoms with Gasteiger partial charge in [-0.15, -0.1) is 0 Å². The average molecular weight is 406 g/mol. The van der Waals surface area contributed by atoms with Gasteiger partial charge in [0.15, 0.2) is 0 Å². The summed E-state index contributed by atoms with van der Waals surface area (Å²) in [4.78, 5) is 0. The minimum atomic E-state index is -2.49. The SMILES string of the molecule is C=Cc1ccc(COCCCCCCOc2ccc(OC(F)=C(F)F)cc2)cc1. The molecule has 0 aliphatic rings. The zero-order valence-corrected chi connectivity index (χ0v) is 16.2. The minimum Gasteiger partial charge on any atom is -0.494 e. The van der Waals surface area contributed by atoms with Crippen molar-refractivity contribution in [3.05, 3.63) is 78.3 Å². The molecule has 0 spiro atoms. The lowest BCUT2D eigenvalue weighted by molar-refractivity contribution is 0.116. The largest absolute Gasteiger partial charge is 0.494 e. The van der Waals surface area contributed by atoms with Crippen LogP contribution in [0.25, 0.3) is 6.08 Å². The van der Waals surface area contributed by atoms with Crippen LogP contribution in [0, 0.1) is 0 Å². The highest BCUT2D eigenvalue weighted by Crippen LogP contribution is 2.22. The minimum absolute atomic E-state index is 0.0145. The summed E-state index contributed by atoms with van der Waals surface area (Å²) in [5.41, 5.74) is 2.24. The molecule has 0 saturated carbocycles. The summed E-state index contributed by atoms with van der Waals surface area (Å²) in [6, 6.07) is 12.1. The molecule has 0 bridgehead atoms. The van der Waals surface area contributed by atoms with Crippen LogP contribution in [0.4, 0.5) is 13.2 Å². The van der Waals surface area contributed by atoms with Crippen molar-refractivity contribution in [2.45, 2.75) is 32.3 Å². The maximum absolute atomic E-state index is 12.7. The van der Waals surface area contributed by atoms with Crippen LogP contribution in [0.5, 0.6) is 11.5 Å². The summed E-state index contributed by atoms with van der Waals surface area (Å²) in [5.74, 6) is 0.563. The zero-order chi connectivity index (χ0) is 20.9. The predicted molar refractivity (Wildman–Crippen MR) is 108 cm³/mol. The summed E-state index contributed by atoms with van der Waals surface area (Å²) in [6.07, 6.45) is 3.27. The lowest BCUT2D eigenvalue weighted by atomic mass is 10.1. The number of hydrogen-bond acceptors (Lipinski definition) is 3. The van der Waals surface area contributed by atoms with Crippen LogP contribution in [0.15, 0.2) is 67.2 Å². The van der Waals surface area contributed by atoms with Gasteiger partial charge in [-0.05, 0) is 54.7 Å². The smallest absolute Gasteiger partial charge is 0.344 e. The predicted octanol–water partition coefficient (Wildman–Crippen LogP) is 6.90. The summed E-state index contributed by atoms with van der Waals surface area (Å²) in [7, 11) is 0. The van der Waals surface area contributed by atoms with Crippen LogP contribution < -0.4 is 9.47 Å². The Bertz CT molecular complexity index is 767. The number of halogens is 3. The van der Waals surface area contributed by atoms with E-state index in [2.05, 4.69) is 11.3 Å². The van der Waals surface area contributed by atoms with E-state index in [1.54, 1.807) is 12.1 Å². The third kappa shape index (κ3) is 8.87. The van der Waals surface area contributed by atoms with Crippen molar-refractivity contribution in [3.63, 3.8) is 0 Å². The van der Waals surface area contributed by atoms with Gasteiger partial charge >= 0.3 is 12.1 Å². The lowest BCUT2D eigenvalue weighted by Crippen LogP contribution is -1.99. The first-order valence-electron chi connectivity index (χ1n) is 9.49. The van der Waals surface area contributed by atoms with Crippen molar-refractivity contribution in [3.8, 4) is 11.5 Å². The van der Waals surface area contributed by atoms with Crippen LogP contribution in [-0.4, -0.2) is 13.2 Å². The Morgan fingerprint density at radius 2 is 1.41 bits per heavy atom. The van der Waals surface area contributed by atoms with Crippen molar-refractivity contribution in [1.29, 1.82) is 0 Å². The molecule has 0 amide bonds. The number of ether oxygens (including phenoxy) is 3. The van der Waals surface area contributed by atoms with Crippen LogP contribution in [0.3, 0.4) is 0 Å². The summed E-state index contributed by atoms with van der Waals surface area (Å²) in [5, 5.41) is 0. The Balaban J connectivity index is 1.50. The average Bonchev–Trinajstić information content (AvgIpc) is 2.74. The molecule has 0 unspecified atom stereocenters. The molecule has 0 radical (unpaired) electrons. The van der Waals surface area contributed by atoms with Gasteiger partial charge < -0.3 is 14.2 Å². The van der Waals surface area contributed by atoms with Crippen molar-refractivity contribution in [2.24, 2.45) is 0 Å². The van der Waals surface area contributed by atoms with E-state index in [0.717, 1.165) is 43.4 Å².